The number of rotatable bonds is 8. The minimum atomic E-state index is -0.836. The van der Waals surface area contributed by atoms with Gasteiger partial charge >= 0.3 is 0 Å². The van der Waals surface area contributed by atoms with E-state index in [0.29, 0.717) is 22.7 Å². The van der Waals surface area contributed by atoms with Gasteiger partial charge in [0, 0.05) is 77.9 Å². The van der Waals surface area contributed by atoms with E-state index in [1.54, 1.807) is 9.13 Å². The van der Waals surface area contributed by atoms with Crippen LogP contribution in [0.1, 0.15) is 48.3 Å². The molecule has 0 amide bonds. The molecule has 23 aromatic rings. The Morgan fingerprint density at radius 2 is 0.513 bits per heavy atom. The Kier molecular flexibility index (Phi) is 11.5. The molecule has 5 heteroatoms. The van der Waals surface area contributed by atoms with Gasteiger partial charge in [-0.1, -0.05) is 360 Å². The Labute approximate surface area is 711 Å². The Morgan fingerprint density at radius 1 is 0.235 bits per heavy atom. The minimum Gasteiger partial charge on any atom is -0.310 e. The van der Waals surface area contributed by atoms with E-state index in [-0.39, 0.29) is 43.6 Å². The molecule has 2 aliphatic rings. The lowest BCUT2D eigenvalue weighted by Gasteiger charge is -2.46. The smallest absolute Gasteiger partial charge is 0.252 e. The monoisotopic (exact) mass is 1530 g/mol. The second-order valence-corrected chi connectivity index (χ2v) is 32.5. The molecule has 119 heavy (non-hydrogen) atoms. The first-order chi connectivity index (χ1) is 65.4. The van der Waals surface area contributed by atoms with Gasteiger partial charge in [-0.15, -0.1) is 0 Å². The number of benzene rings is 21. The lowest BCUT2D eigenvalue weighted by Crippen LogP contribution is -2.61. The molecule has 0 fully saturated rings. The van der Waals surface area contributed by atoms with Crippen molar-refractivity contribution in [2.75, 3.05) is 9.80 Å². The van der Waals surface area contributed by atoms with Crippen LogP contribution in [0.25, 0.3) is 186 Å². The molecule has 2 aliphatic heterocycles. The van der Waals surface area contributed by atoms with Crippen molar-refractivity contribution >= 4 is 187 Å². The van der Waals surface area contributed by atoms with E-state index in [9.17, 15) is 21.9 Å². The van der Waals surface area contributed by atoms with Crippen molar-refractivity contribution in [3.63, 3.8) is 0 Å². The first kappa shape index (κ1) is 53.2. The van der Waals surface area contributed by atoms with Crippen LogP contribution in [0, 0.1) is 0 Å². The van der Waals surface area contributed by atoms with E-state index in [0.717, 1.165) is 175 Å². The summed E-state index contributed by atoms with van der Waals surface area (Å²) in [6, 6.07) is 98.4. The second kappa shape index (κ2) is 25.7. The van der Waals surface area contributed by atoms with Crippen LogP contribution < -0.4 is 26.2 Å². The van der Waals surface area contributed by atoms with E-state index < -0.39 is 109 Å². The first-order valence-electron chi connectivity index (χ1n) is 48.3. The molecule has 0 saturated heterocycles. The van der Waals surface area contributed by atoms with Gasteiger partial charge in [-0.25, -0.2) is 0 Å². The van der Waals surface area contributed by atoms with Crippen molar-refractivity contribution in [1.29, 1.82) is 0 Å². The molecule has 0 atom stereocenters. The fraction of sp³-hybridized carbons (Fsp3) is 0.0351. The van der Waals surface area contributed by atoms with Gasteiger partial charge in [0.15, 0.2) is 0 Å². The van der Waals surface area contributed by atoms with Gasteiger partial charge in [-0.05, 0) is 196 Å². The molecule has 0 saturated carbocycles. The standard InChI is InChI=1S/C114H75BN4/c1-114(2,3)74-66-109-111-110(67-74)119(113-99(87-44-22-40-83-79-32-10-6-28-72(79)56-62-91(83)87)48-25-49-100(113)88-45-23-41-84-80-33-11-7-29-73(80)57-63-92(84)88)108-69-76(117-105-52-18-14-36-95(105)96-37-15-19-53-106(96)117)59-65-102(108)115(111)101-64-58-75(116-103-50-16-12-34-93(103)94-35-13-17-51-104(94)116)68-107(101)118(109)112-97(85-42-20-38-81-77-30-8-4-26-70(77)54-60-89(81)85)46-24-47-98(112)86-43-21-39-82-78-31-9-5-27-71(78)55-61-90(82)86/h4-69H,1-3H3/i12D,13D,14D,15D,16D,17D,18D,19D,34D,35D,36D,37D,50D,51D,52D,53D. The third kappa shape index (κ3) is 9.94. The van der Waals surface area contributed by atoms with Crippen molar-refractivity contribution in [3.8, 4) is 55.9 Å². The summed E-state index contributed by atoms with van der Waals surface area (Å²) >= 11 is 0. The van der Waals surface area contributed by atoms with Crippen LogP contribution in [0.2, 0.25) is 0 Å². The molecule has 4 heterocycles. The second-order valence-electron chi connectivity index (χ2n) is 32.5. The fourth-order valence-corrected chi connectivity index (χ4v) is 20.1. The van der Waals surface area contributed by atoms with Crippen molar-refractivity contribution in [2.45, 2.75) is 26.2 Å². The Bertz CT molecular complexity index is 8430. The lowest BCUT2D eigenvalue weighted by molar-refractivity contribution is 0.590. The SMILES string of the molecule is [2H]c1c([2H])c([2H])c2c(c1[2H])c1c([2H])c([2H])c([2H])c([2H])c1n2-c1ccc2c(c1)N(c1c(-c3cccc4c3ccc3ccccc34)cccc1-c1cccc3c1ccc1ccccc13)c1cc(C(C)(C)C)cc3c1B2c1ccc(-n2c4c([2H])c([2H])c([2H])c([2H])c4c4c([2H])c([2H])c([2H])c([2H])c42)cc1N3c1c(-c2cccc3c2ccc2ccccc23)cccc1-c1cccc2c1ccc1ccccc12. The average molecular weight is 1530 g/mol. The molecule has 0 N–H and O–H groups in total. The Morgan fingerprint density at radius 3 is 0.824 bits per heavy atom. The summed E-state index contributed by atoms with van der Waals surface area (Å²) in [5, 5.41) is 16.1. The lowest BCUT2D eigenvalue weighted by atomic mass is 9.33. The maximum absolute atomic E-state index is 10.1. The summed E-state index contributed by atoms with van der Waals surface area (Å²) in [4.78, 5) is 4.78. The summed E-state index contributed by atoms with van der Waals surface area (Å²) in [5.41, 5.74) is 13.8. The van der Waals surface area contributed by atoms with E-state index in [1.165, 1.54) is 0 Å². The molecule has 0 radical (unpaired) electrons. The topological polar surface area (TPSA) is 16.3 Å². The van der Waals surface area contributed by atoms with Crippen LogP contribution in [0.4, 0.5) is 34.1 Å². The van der Waals surface area contributed by atoms with Crippen LogP contribution >= 0.6 is 0 Å². The van der Waals surface area contributed by atoms with Crippen LogP contribution in [-0.4, -0.2) is 15.8 Å². The van der Waals surface area contributed by atoms with Crippen molar-refractivity contribution < 1.29 is 21.9 Å². The third-order valence-corrected chi connectivity index (χ3v) is 25.3. The number of nitrogens with zero attached hydrogens (tertiary/aromatic N) is 4. The van der Waals surface area contributed by atoms with Gasteiger partial charge < -0.3 is 18.9 Å². The number of fused-ring (bicyclic) bond motifs is 22. The van der Waals surface area contributed by atoms with E-state index in [2.05, 4.69) is 297 Å². The molecule has 0 aliphatic carbocycles. The fourth-order valence-electron chi connectivity index (χ4n) is 20.1. The Hall–Kier alpha value is -15.0. The van der Waals surface area contributed by atoms with Crippen molar-refractivity contribution in [1.82, 2.24) is 9.13 Å². The first-order valence-corrected chi connectivity index (χ1v) is 40.3. The van der Waals surface area contributed by atoms with Crippen molar-refractivity contribution in [3.05, 3.63) is 406 Å². The van der Waals surface area contributed by atoms with Gasteiger partial charge in [0.1, 0.15) is 0 Å². The normalized spacial score (nSPS) is 14.7. The summed E-state index contributed by atoms with van der Waals surface area (Å²) in [7, 11) is 0. The van der Waals surface area contributed by atoms with E-state index in [4.69, 9.17) is 0 Å². The van der Waals surface area contributed by atoms with E-state index in [1.807, 2.05) is 36.4 Å². The predicted octanol–water partition coefficient (Wildman–Crippen LogP) is 29.2. The summed E-state index contributed by atoms with van der Waals surface area (Å²) < 4.78 is 158. The van der Waals surface area contributed by atoms with Gasteiger partial charge in [-0.3, -0.25) is 0 Å². The number of anilines is 6. The molecule has 0 unspecified atom stereocenters. The molecule has 2 aromatic heterocycles. The van der Waals surface area contributed by atoms with Crippen LogP contribution in [0.3, 0.4) is 0 Å². The zero-order valence-corrected chi connectivity index (χ0v) is 64.7. The Balaban J connectivity index is 0.896. The molecule has 0 bridgehead atoms. The summed E-state index contributed by atoms with van der Waals surface area (Å²) in [6.07, 6.45) is 0. The summed E-state index contributed by atoms with van der Waals surface area (Å²) in [5.74, 6) is 0. The highest BCUT2D eigenvalue weighted by Crippen LogP contribution is 2.57. The number of aromatic nitrogens is 2. The molecule has 4 nitrogen and oxygen atoms in total. The van der Waals surface area contributed by atoms with Crippen molar-refractivity contribution in [2.24, 2.45) is 0 Å². The van der Waals surface area contributed by atoms with Gasteiger partial charge in [0.05, 0.1) is 55.4 Å². The van der Waals surface area contributed by atoms with Gasteiger partial charge in [0.25, 0.3) is 6.71 Å². The molecular weight excluding hydrogens is 1440 g/mol. The maximum Gasteiger partial charge on any atom is 0.252 e. The molecular formula is C114H75BN4. The van der Waals surface area contributed by atoms with Gasteiger partial charge in [0.2, 0.25) is 0 Å². The molecule has 0 spiro atoms. The largest absolute Gasteiger partial charge is 0.310 e. The molecule has 21 aromatic carbocycles. The summed E-state index contributed by atoms with van der Waals surface area (Å²) in [6.45, 7) is 5.78. The highest BCUT2D eigenvalue weighted by Gasteiger charge is 2.47. The van der Waals surface area contributed by atoms with Gasteiger partial charge in [-0.2, -0.15) is 0 Å². The maximum atomic E-state index is 10.1. The number of para-hydroxylation sites is 6. The third-order valence-electron chi connectivity index (χ3n) is 25.3. The zero-order valence-electron chi connectivity index (χ0n) is 80.7. The zero-order chi connectivity index (χ0) is 92.4. The molecule has 554 valence electrons. The quantitative estimate of drug-likeness (QED) is 0.111. The predicted molar refractivity (Wildman–Crippen MR) is 510 cm³/mol. The molecule has 25 rings (SSSR count). The highest BCUT2D eigenvalue weighted by atomic mass is 15.2. The van der Waals surface area contributed by atoms with Crippen LogP contribution in [0.5, 0.6) is 0 Å². The van der Waals surface area contributed by atoms with Crippen LogP contribution in [0.15, 0.2) is 400 Å². The highest BCUT2D eigenvalue weighted by molar-refractivity contribution is 7.00. The average Bonchev–Trinajstić information content (AvgIpc) is 1.53. The number of hydrogen-bond acceptors (Lipinski definition) is 2. The van der Waals surface area contributed by atoms with E-state index >= 15 is 0 Å². The minimum absolute atomic E-state index is 0.0609. The number of hydrogen-bond donors (Lipinski definition) is 0. The van der Waals surface area contributed by atoms with Crippen LogP contribution in [-0.2, 0) is 5.41 Å².